The maximum atomic E-state index is 13.2. The van der Waals surface area contributed by atoms with Crippen LogP contribution in [-0.2, 0) is 26.2 Å². The van der Waals surface area contributed by atoms with Gasteiger partial charge in [-0.15, -0.1) is 0 Å². The van der Waals surface area contributed by atoms with Crippen LogP contribution in [0.15, 0.2) is 48.5 Å². The average molecular weight is 504 g/mol. The molecule has 9 nitrogen and oxygen atoms in total. The summed E-state index contributed by atoms with van der Waals surface area (Å²) < 4.78 is 36.9. The van der Waals surface area contributed by atoms with Gasteiger partial charge in [-0.05, 0) is 44.9 Å². The lowest BCUT2D eigenvalue weighted by Gasteiger charge is -2.30. The molecule has 1 aliphatic heterocycles. The Kier molecular flexibility index (Phi) is 8.61. The van der Waals surface area contributed by atoms with Crippen molar-refractivity contribution in [2.75, 3.05) is 23.9 Å². The molecule has 1 atom stereocenters. The minimum atomic E-state index is -3.60. The topological polar surface area (TPSA) is 105 Å². The maximum Gasteiger partial charge on any atom is 0.242 e. The Bertz CT molecular complexity index is 1140. The van der Waals surface area contributed by atoms with Crippen molar-refractivity contribution in [3.8, 4) is 11.5 Å². The van der Waals surface area contributed by atoms with Gasteiger partial charge < -0.3 is 19.7 Å². The number of rotatable bonds is 11. The molecule has 2 aromatic rings. The number of nitrogens with zero attached hydrogens (tertiary/aromatic N) is 2. The quantitative estimate of drug-likeness (QED) is 0.506. The van der Waals surface area contributed by atoms with Crippen molar-refractivity contribution in [2.45, 2.75) is 52.2 Å². The summed E-state index contributed by atoms with van der Waals surface area (Å²) in [7, 11) is -3.60. The fourth-order valence-electron chi connectivity index (χ4n) is 3.81. The average Bonchev–Trinajstić information content (AvgIpc) is 3.27. The molecule has 0 aromatic heterocycles. The van der Waals surface area contributed by atoms with Gasteiger partial charge in [-0.2, -0.15) is 0 Å². The van der Waals surface area contributed by atoms with E-state index in [2.05, 4.69) is 5.32 Å². The molecule has 0 fully saturated rings. The summed E-state index contributed by atoms with van der Waals surface area (Å²) in [6.07, 6.45) is 1.49. The molecule has 0 saturated heterocycles. The van der Waals surface area contributed by atoms with E-state index in [0.717, 1.165) is 11.8 Å². The van der Waals surface area contributed by atoms with Gasteiger partial charge in [-0.3, -0.25) is 13.9 Å². The van der Waals surface area contributed by atoms with Crippen LogP contribution in [0.5, 0.6) is 11.5 Å². The SMILES string of the molecule is CC(C)NC(=O)C(C)N(Cc1ccccc1)C(=O)CCCN(c1ccc2c(c1)OCO2)S(C)(=O)=O. The van der Waals surface area contributed by atoms with E-state index in [1.165, 1.54) is 4.31 Å². The molecule has 35 heavy (non-hydrogen) atoms. The lowest BCUT2D eigenvalue weighted by molar-refractivity contribution is -0.140. The third-order valence-electron chi connectivity index (χ3n) is 5.59. The number of fused-ring (bicyclic) bond motifs is 1. The van der Waals surface area contributed by atoms with E-state index in [1.54, 1.807) is 30.0 Å². The van der Waals surface area contributed by atoms with Gasteiger partial charge in [0.2, 0.25) is 28.6 Å². The number of hydrogen-bond acceptors (Lipinski definition) is 6. The first kappa shape index (κ1) is 26.3. The molecule has 0 saturated carbocycles. The van der Waals surface area contributed by atoms with Gasteiger partial charge in [0.05, 0.1) is 11.9 Å². The van der Waals surface area contributed by atoms with Crippen molar-refractivity contribution < 1.29 is 27.5 Å². The molecular formula is C25H33N3O6S. The molecule has 0 aliphatic carbocycles. The number of ether oxygens (including phenoxy) is 2. The number of anilines is 1. The van der Waals surface area contributed by atoms with Gasteiger partial charge in [0.25, 0.3) is 0 Å². The van der Waals surface area contributed by atoms with Crippen LogP contribution in [0, 0.1) is 0 Å². The molecule has 2 amide bonds. The third kappa shape index (κ3) is 7.11. The molecular weight excluding hydrogens is 470 g/mol. The van der Waals surface area contributed by atoms with Gasteiger partial charge >= 0.3 is 0 Å². The second-order valence-electron chi connectivity index (χ2n) is 8.82. The van der Waals surface area contributed by atoms with Crippen LogP contribution in [0.3, 0.4) is 0 Å². The molecule has 2 aromatic carbocycles. The highest BCUT2D eigenvalue weighted by Gasteiger charge is 2.27. The van der Waals surface area contributed by atoms with Gasteiger partial charge in [0.15, 0.2) is 11.5 Å². The number of sulfonamides is 1. The maximum absolute atomic E-state index is 13.2. The molecule has 1 aliphatic rings. The monoisotopic (exact) mass is 503 g/mol. The zero-order chi connectivity index (χ0) is 25.6. The first-order chi connectivity index (χ1) is 16.6. The van der Waals surface area contributed by atoms with Gasteiger partial charge in [-0.1, -0.05) is 30.3 Å². The second-order valence-corrected chi connectivity index (χ2v) is 10.7. The van der Waals surface area contributed by atoms with Crippen molar-refractivity contribution in [2.24, 2.45) is 0 Å². The Morgan fingerprint density at radius 1 is 1.03 bits per heavy atom. The van der Waals surface area contributed by atoms with E-state index < -0.39 is 16.1 Å². The smallest absolute Gasteiger partial charge is 0.242 e. The number of hydrogen-bond donors (Lipinski definition) is 1. The van der Waals surface area contributed by atoms with E-state index in [4.69, 9.17) is 9.47 Å². The lowest BCUT2D eigenvalue weighted by atomic mass is 10.1. The Labute approximate surface area is 207 Å². The fraction of sp³-hybridized carbons (Fsp3) is 0.440. The molecule has 190 valence electrons. The molecule has 10 heteroatoms. The highest BCUT2D eigenvalue weighted by molar-refractivity contribution is 7.92. The van der Waals surface area contributed by atoms with Crippen LogP contribution in [0.25, 0.3) is 0 Å². The highest BCUT2D eigenvalue weighted by Crippen LogP contribution is 2.36. The largest absolute Gasteiger partial charge is 0.454 e. The van der Waals surface area contributed by atoms with Crippen LogP contribution >= 0.6 is 0 Å². The van der Waals surface area contributed by atoms with Crippen molar-refractivity contribution in [1.29, 1.82) is 0 Å². The Balaban J connectivity index is 1.71. The van der Waals surface area contributed by atoms with Gasteiger partial charge in [-0.25, -0.2) is 8.42 Å². The summed E-state index contributed by atoms with van der Waals surface area (Å²) in [5.74, 6) is 0.579. The number of carbonyl (C=O) groups is 2. The third-order valence-corrected chi connectivity index (χ3v) is 6.78. The molecule has 0 radical (unpaired) electrons. The summed E-state index contributed by atoms with van der Waals surface area (Å²) in [6, 6.07) is 13.7. The van der Waals surface area contributed by atoms with Crippen LogP contribution < -0.4 is 19.1 Å². The zero-order valence-electron chi connectivity index (χ0n) is 20.6. The van der Waals surface area contributed by atoms with E-state index >= 15 is 0 Å². The summed E-state index contributed by atoms with van der Waals surface area (Å²) in [5.41, 5.74) is 1.35. The molecule has 1 N–H and O–H groups in total. The van der Waals surface area contributed by atoms with Crippen LogP contribution in [0.2, 0.25) is 0 Å². The normalized spacial score (nSPS) is 13.4. The van der Waals surface area contributed by atoms with Crippen LogP contribution in [0.4, 0.5) is 5.69 Å². The number of carbonyl (C=O) groups excluding carboxylic acids is 2. The standard InChI is InChI=1S/C25H33N3O6S/c1-18(2)26-25(30)19(3)27(16-20-9-6-5-7-10-20)24(29)11-8-14-28(35(4,31)32)21-12-13-22-23(15-21)34-17-33-22/h5-7,9-10,12-13,15,18-19H,8,11,14,16-17H2,1-4H3,(H,26,30). The minimum Gasteiger partial charge on any atom is -0.454 e. The minimum absolute atomic E-state index is 0.0522. The zero-order valence-corrected chi connectivity index (χ0v) is 21.4. The number of benzene rings is 2. The van der Waals surface area contributed by atoms with Crippen LogP contribution in [-0.4, -0.2) is 56.8 Å². The summed E-state index contributed by atoms with van der Waals surface area (Å²) in [4.78, 5) is 27.4. The summed E-state index contributed by atoms with van der Waals surface area (Å²) >= 11 is 0. The van der Waals surface area contributed by atoms with E-state index in [1.807, 2.05) is 44.2 Å². The molecule has 1 heterocycles. The van der Waals surface area contributed by atoms with Crippen molar-refractivity contribution in [1.82, 2.24) is 10.2 Å². The molecule has 1 unspecified atom stereocenters. The van der Waals surface area contributed by atoms with Gasteiger partial charge in [0, 0.05) is 31.6 Å². The van der Waals surface area contributed by atoms with Crippen molar-refractivity contribution >= 4 is 27.5 Å². The predicted octanol–water partition coefficient (Wildman–Crippen LogP) is 2.90. The lowest BCUT2D eigenvalue weighted by Crippen LogP contribution is -2.49. The van der Waals surface area contributed by atoms with Gasteiger partial charge in [0.1, 0.15) is 6.04 Å². The Morgan fingerprint density at radius 3 is 2.37 bits per heavy atom. The number of nitrogens with one attached hydrogen (secondary N) is 1. The summed E-state index contributed by atoms with van der Waals surface area (Å²) in [5, 5.41) is 2.86. The van der Waals surface area contributed by atoms with E-state index in [-0.39, 0.29) is 50.6 Å². The fourth-order valence-corrected chi connectivity index (χ4v) is 4.77. The molecule has 0 spiro atoms. The number of amides is 2. The summed E-state index contributed by atoms with van der Waals surface area (Å²) in [6.45, 7) is 5.91. The van der Waals surface area contributed by atoms with Crippen molar-refractivity contribution in [3.63, 3.8) is 0 Å². The highest BCUT2D eigenvalue weighted by atomic mass is 32.2. The molecule has 3 rings (SSSR count). The predicted molar refractivity (Wildman–Crippen MR) is 134 cm³/mol. The first-order valence-corrected chi connectivity index (χ1v) is 13.4. The Hall–Kier alpha value is -3.27. The van der Waals surface area contributed by atoms with Crippen LogP contribution in [0.1, 0.15) is 39.2 Å². The van der Waals surface area contributed by atoms with E-state index in [9.17, 15) is 18.0 Å². The second kappa shape index (κ2) is 11.4. The molecule has 0 bridgehead atoms. The first-order valence-electron chi connectivity index (χ1n) is 11.6. The Morgan fingerprint density at radius 2 is 1.71 bits per heavy atom. The van der Waals surface area contributed by atoms with Crippen molar-refractivity contribution in [3.05, 3.63) is 54.1 Å². The van der Waals surface area contributed by atoms with E-state index in [0.29, 0.717) is 17.2 Å².